The summed E-state index contributed by atoms with van der Waals surface area (Å²) in [6.45, 7) is 5.21. The van der Waals surface area contributed by atoms with E-state index < -0.39 is 0 Å². The second-order valence-corrected chi connectivity index (χ2v) is 5.42. The first kappa shape index (κ1) is 14.5. The predicted molar refractivity (Wildman–Crippen MR) is 80.4 cm³/mol. The summed E-state index contributed by atoms with van der Waals surface area (Å²) < 4.78 is 15.1. The molecule has 2 aromatic rings. The van der Waals surface area contributed by atoms with E-state index in [1.54, 1.807) is 17.7 Å². The highest BCUT2D eigenvalue weighted by Crippen LogP contribution is 2.34. The minimum absolute atomic E-state index is 0.0432. The number of rotatable bonds is 3. The van der Waals surface area contributed by atoms with Crippen molar-refractivity contribution in [1.29, 1.82) is 0 Å². The Morgan fingerprint density at radius 3 is 2.86 bits per heavy atom. The lowest BCUT2D eigenvalue weighted by Gasteiger charge is -2.30. The fourth-order valence-corrected chi connectivity index (χ4v) is 3.01. The van der Waals surface area contributed by atoms with Crippen molar-refractivity contribution in [3.8, 4) is 0 Å². The van der Waals surface area contributed by atoms with Crippen LogP contribution < -0.4 is 4.90 Å². The van der Waals surface area contributed by atoms with E-state index in [-0.39, 0.29) is 16.4 Å². The number of halogens is 1. The largest absolute Gasteiger partial charge is 0.346 e. The van der Waals surface area contributed by atoms with Crippen molar-refractivity contribution < 1.29 is 9.31 Å². The Morgan fingerprint density at radius 2 is 2.18 bits per heavy atom. The topological polar surface area (TPSA) is 64.2 Å². The number of hydrogen-bond acceptors (Lipinski definition) is 4. The number of benzene rings is 1. The van der Waals surface area contributed by atoms with Gasteiger partial charge >= 0.3 is 5.69 Å². The summed E-state index contributed by atoms with van der Waals surface area (Å²) in [5.74, 6) is 0.232. The highest BCUT2D eigenvalue weighted by molar-refractivity contribution is 5.62. The quantitative estimate of drug-likeness (QED) is 0.646. The van der Waals surface area contributed by atoms with E-state index in [2.05, 4.69) is 5.10 Å². The summed E-state index contributed by atoms with van der Waals surface area (Å²) in [4.78, 5) is 12.9. The van der Waals surface area contributed by atoms with Gasteiger partial charge in [-0.1, -0.05) is 6.07 Å². The molecule has 2 heterocycles. The summed E-state index contributed by atoms with van der Waals surface area (Å²) >= 11 is 0. The van der Waals surface area contributed by atoms with Crippen molar-refractivity contribution in [3.05, 3.63) is 51.0 Å². The van der Waals surface area contributed by atoms with Crippen LogP contribution in [0.4, 0.5) is 15.9 Å². The van der Waals surface area contributed by atoms with Crippen LogP contribution in [0.2, 0.25) is 0 Å². The van der Waals surface area contributed by atoms with E-state index >= 15 is 0 Å². The molecule has 0 fully saturated rings. The van der Waals surface area contributed by atoms with Crippen LogP contribution in [-0.4, -0.2) is 21.2 Å². The van der Waals surface area contributed by atoms with Crippen molar-refractivity contribution in [2.75, 3.05) is 11.4 Å². The Bertz CT molecular complexity index is 741. The summed E-state index contributed by atoms with van der Waals surface area (Å²) in [6, 6.07) is 4.75. The van der Waals surface area contributed by atoms with Gasteiger partial charge in [0.05, 0.1) is 4.92 Å². The molecule has 1 aromatic heterocycles. The molecule has 1 aliphatic rings. The van der Waals surface area contributed by atoms with Crippen LogP contribution in [0.3, 0.4) is 0 Å². The monoisotopic (exact) mass is 304 g/mol. The fraction of sp³-hybridized carbons (Fsp3) is 0.400. The first-order valence-corrected chi connectivity index (χ1v) is 7.25. The molecule has 0 radical (unpaired) electrons. The summed E-state index contributed by atoms with van der Waals surface area (Å²) in [6.07, 6.45) is 0.737. The molecule has 0 bridgehead atoms. The molecule has 1 aliphatic heterocycles. The van der Waals surface area contributed by atoms with Crippen LogP contribution >= 0.6 is 0 Å². The average molecular weight is 304 g/mol. The third-order valence-corrected chi connectivity index (χ3v) is 4.03. The van der Waals surface area contributed by atoms with Crippen LogP contribution in [-0.2, 0) is 19.5 Å². The summed E-state index contributed by atoms with van der Waals surface area (Å²) in [5, 5.41) is 15.6. The van der Waals surface area contributed by atoms with Gasteiger partial charge in [0, 0.05) is 19.6 Å². The maximum absolute atomic E-state index is 13.4. The first-order valence-electron chi connectivity index (χ1n) is 7.25. The van der Waals surface area contributed by atoms with Gasteiger partial charge in [-0.05, 0) is 43.5 Å². The van der Waals surface area contributed by atoms with Crippen LogP contribution in [0.5, 0.6) is 0 Å². The molecule has 0 amide bonds. The van der Waals surface area contributed by atoms with Gasteiger partial charge in [-0.25, -0.2) is 9.07 Å². The summed E-state index contributed by atoms with van der Waals surface area (Å²) in [7, 11) is 0. The molecular weight excluding hydrogens is 287 g/mol. The van der Waals surface area contributed by atoms with Gasteiger partial charge < -0.3 is 4.90 Å². The van der Waals surface area contributed by atoms with Gasteiger partial charge in [0.2, 0.25) is 5.82 Å². The number of aromatic nitrogens is 2. The highest BCUT2D eigenvalue weighted by Gasteiger charge is 2.31. The molecule has 0 atom stereocenters. The maximum atomic E-state index is 13.4. The third-order valence-electron chi connectivity index (χ3n) is 4.03. The second-order valence-electron chi connectivity index (χ2n) is 5.42. The Kier molecular flexibility index (Phi) is 3.56. The van der Waals surface area contributed by atoms with Gasteiger partial charge in [-0.3, -0.25) is 10.1 Å². The highest BCUT2D eigenvalue weighted by atomic mass is 19.1. The lowest BCUT2D eigenvalue weighted by atomic mass is 9.99. The molecular formula is C15H17FN4O2. The van der Waals surface area contributed by atoms with Crippen LogP contribution in [0, 0.1) is 22.9 Å². The number of aryl methyl sites for hydroxylation is 2. The number of nitrogens with zero attached hydrogens (tertiary/aromatic N) is 4. The minimum atomic E-state index is -0.384. The van der Waals surface area contributed by atoms with E-state index in [4.69, 9.17) is 0 Å². The van der Waals surface area contributed by atoms with Crippen molar-refractivity contribution in [1.82, 2.24) is 9.78 Å². The van der Waals surface area contributed by atoms with E-state index in [0.717, 1.165) is 17.5 Å². The Hall–Kier alpha value is -2.44. The molecule has 6 nitrogen and oxygen atoms in total. The molecule has 7 heteroatoms. The molecule has 3 rings (SSSR count). The number of hydrogen-bond donors (Lipinski definition) is 0. The molecule has 0 unspecified atom stereocenters. The first-order chi connectivity index (χ1) is 10.5. The summed E-state index contributed by atoms with van der Waals surface area (Å²) in [5.41, 5.74) is 2.43. The third kappa shape index (κ3) is 2.32. The van der Waals surface area contributed by atoms with Crippen molar-refractivity contribution >= 4 is 11.5 Å². The lowest BCUT2D eigenvalue weighted by Crippen LogP contribution is -2.32. The Balaban J connectivity index is 2.04. The number of nitro groups is 1. The zero-order valence-electron chi connectivity index (χ0n) is 12.5. The molecule has 22 heavy (non-hydrogen) atoms. The van der Waals surface area contributed by atoms with Gasteiger partial charge in [0.15, 0.2) is 0 Å². The maximum Gasteiger partial charge on any atom is 0.333 e. The average Bonchev–Trinajstić information content (AvgIpc) is 2.83. The molecule has 116 valence electrons. The predicted octanol–water partition coefficient (Wildman–Crippen LogP) is 2.82. The molecule has 0 aliphatic carbocycles. The van der Waals surface area contributed by atoms with Crippen LogP contribution in [0.25, 0.3) is 0 Å². The van der Waals surface area contributed by atoms with E-state index in [1.165, 1.54) is 12.1 Å². The van der Waals surface area contributed by atoms with Crippen LogP contribution in [0.15, 0.2) is 18.2 Å². The van der Waals surface area contributed by atoms with Gasteiger partial charge in [0.25, 0.3) is 0 Å². The minimum Gasteiger partial charge on any atom is -0.346 e. The second kappa shape index (κ2) is 5.40. The SMILES string of the molecule is CCn1nc(C)c([N+](=O)[O-])c1N1CCc2ccc(F)cc2C1. The number of anilines is 1. The molecule has 0 saturated carbocycles. The van der Waals surface area contributed by atoms with Gasteiger partial charge in [-0.15, -0.1) is 0 Å². The Morgan fingerprint density at radius 1 is 1.41 bits per heavy atom. The molecule has 1 aromatic carbocycles. The van der Waals surface area contributed by atoms with Crippen molar-refractivity contribution in [2.24, 2.45) is 0 Å². The normalized spacial score (nSPS) is 14.0. The van der Waals surface area contributed by atoms with E-state index in [0.29, 0.717) is 31.1 Å². The zero-order chi connectivity index (χ0) is 15.9. The van der Waals surface area contributed by atoms with Crippen molar-refractivity contribution in [2.45, 2.75) is 33.4 Å². The zero-order valence-corrected chi connectivity index (χ0v) is 12.5. The standard InChI is InChI=1S/C15H17FN4O2/c1-3-19-15(14(20(21)22)10(2)17-19)18-7-6-11-4-5-13(16)8-12(11)9-18/h4-5,8H,3,6-7,9H2,1-2H3. The Labute approximate surface area is 127 Å². The van der Waals surface area contributed by atoms with Gasteiger partial charge in [-0.2, -0.15) is 5.10 Å². The molecule has 0 saturated heterocycles. The van der Waals surface area contributed by atoms with Gasteiger partial charge in [0.1, 0.15) is 11.5 Å². The fourth-order valence-electron chi connectivity index (χ4n) is 3.01. The lowest BCUT2D eigenvalue weighted by molar-refractivity contribution is -0.384. The van der Waals surface area contributed by atoms with Crippen molar-refractivity contribution in [3.63, 3.8) is 0 Å². The number of fused-ring (bicyclic) bond motifs is 1. The smallest absolute Gasteiger partial charge is 0.333 e. The van der Waals surface area contributed by atoms with E-state index in [9.17, 15) is 14.5 Å². The molecule has 0 N–H and O–H groups in total. The van der Waals surface area contributed by atoms with E-state index in [1.807, 2.05) is 11.8 Å². The molecule has 0 spiro atoms. The van der Waals surface area contributed by atoms with Crippen LogP contribution in [0.1, 0.15) is 23.7 Å².